The zero-order valence-electron chi connectivity index (χ0n) is 10.1. The van der Waals surface area contributed by atoms with Gasteiger partial charge >= 0.3 is 0 Å². The summed E-state index contributed by atoms with van der Waals surface area (Å²) >= 11 is 0. The van der Waals surface area contributed by atoms with Crippen LogP contribution < -0.4 is 5.73 Å². The molecule has 1 aliphatic carbocycles. The van der Waals surface area contributed by atoms with Crippen molar-refractivity contribution in [3.8, 4) is 0 Å². The van der Waals surface area contributed by atoms with Crippen LogP contribution in [0.2, 0.25) is 0 Å². The molecule has 0 aromatic carbocycles. The van der Waals surface area contributed by atoms with Crippen LogP contribution >= 0.6 is 0 Å². The topological polar surface area (TPSA) is 53.1 Å². The smallest absolute Gasteiger partial charge is 0.0951 e. The molecule has 0 saturated heterocycles. The molecule has 1 fully saturated rings. The van der Waals surface area contributed by atoms with Crippen LogP contribution in [0.25, 0.3) is 0 Å². The summed E-state index contributed by atoms with van der Waals surface area (Å²) in [6, 6.07) is 0.444. The third kappa shape index (κ3) is 2.44. The Morgan fingerprint density at radius 2 is 2.31 bits per heavy atom. The maximum Gasteiger partial charge on any atom is 0.0951 e. The molecule has 16 heavy (non-hydrogen) atoms. The van der Waals surface area contributed by atoms with Crippen molar-refractivity contribution >= 4 is 0 Å². The van der Waals surface area contributed by atoms with Gasteiger partial charge in [-0.25, -0.2) is 4.98 Å². The molecule has 0 unspecified atom stereocenters. The predicted octanol–water partition coefficient (Wildman–Crippen LogP) is 1.72. The van der Waals surface area contributed by atoms with Crippen LogP contribution in [0.3, 0.4) is 0 Å². The van der Waals surface area contributed by atoms with E-state index >= 15 is 0 Å². The van der Waals surface area contributed by atoms with E-state index in [2.05, 4.69) is 23.4 Å². The van der Waals surface area contributed by atoms with Crippen molar-refractivity contribution < 1.29 is 4.74 Å². The Morgan fingerprint density at radius 1 is 1.56 bits per heavy atom. The molecular formula is C12H21N3O. The standard InChI is InChI=1S/C12H21N3O/c1-9(2)15-8-14-6-11(15)7-16-12-3-10(4-12)5-13/h6,8-10,12H,3-5,7,13H2,1-2H3. The van der Waals surface area contributed by atoms with Crippen LogP contribution in [0, 0.1) is 5.92 Å². The first-order chi connectivity index (χ1) is 7.70. The number of aromatic nitrogens is 2. The minimum Gasteiger partial charge on any atom is -0.372 e. The highest BCUT2D eigenvalue weighted by molar-refractivity contribution is 4.98. The highest BCUT2D eigenvalue weighted by atomic mass is 16.5. The SMILES string of the molecule is CC(C)n1cncc1COC1CC(CN)C1. The van der Waals surface area contributed by atoms with Gasteiger partial charge < -0.3 is 15.0 Å². The van der Waals surface area contributed by atoms with Crippen molar-refractivity contribution in [2.45, 2.75) is 45.4 Å². The molecular weight excluding hydrogens is 202 g/mol. The van der Waals surface area contributed by atoms with Gasteiger partial charge in [0.2, 0.25) is 0 Å². The van der Waals surface area contributed by atoms with Gasteiger partial charge in [-0.05, 0) is 39.2 Å². The lowest BCUT2D eigenvalue weighted by Crippen LogP contribution is -2.35. The van der Waals surface area contributed by atoms with Gasteiger partial charge in [0.05, 0.1) is 30.9 Å². The number of nitrogens with zero attached hydrogens (tertiary/aromatic N) is 2. The third-order valence-corrected chi connectivity index (χ3v) is 3.30. The van der Waals surface area contributed by atoms with Gasteiger partial charge in [0.15, 0.2) is 0 Å². The molecule has 0 radical (unpaired) electrons. The van der Waals surface area contributed by atoms with E-state index in [1.54, 1.807) is 0 Å². The van der Waals surface area contributed by atoms with Gasteiger partial charge in [0, 0.05) is 6.04 Å². The number of hydrogen-bond acceptors (Lipinski definition) is 3. The summed E-state index contributed by atoms with van der Waals surface area (Å²) in [5, 5.41) is 0. The number of hydrogen-bond donors (Lipinski definition) is 1. The first-order valence-corrected chi connectivity index (χ1v) is 6.03. The Labute approximate surface area is 96.8 Å². The number of imidazole rings is 1. The Balaban J connectivity index is 1.79. The monoisotopic (exact) mass is 223 g/mol. The molecule has 2 rings (SSSR count). The van der Waals surface area contributed by atoms with Gasteiger partial charge in [0.25, 0.3) is 0 Å². The fourth-order valence-corrected chi connectivity index (χ4v) is 2.12. The normalized spacial score (nSPS) is 24.8. The molecule has 1 aromatic rings. The number of ether oxygens (including phenoxy) is 1. The van der Waals surface area contributed by atoms with E-state index in [1.807, 2.05) is 12.5 Å². The molecule has 1 saturated carbocycles. The van der Waals surface area contributed by atoms with Crippen LogP contribution in [-0.4, -0.2) is 22.2 Å². The quantitative estimate of drug-likeness (QED) is 0.827. The van der Waals surface area contributed by atoms with E-state index < -0.39 is 0 Å². The second-order valence-corrected chi connectivity index (χ2v) is 4.89. The Kier molecular flexibility index (Phi) is 3.61. The van der Waals surface area contributed by atoms with E-state index in [4.69, 9.17) is 10.5 Å². The second-order valence-electron chi connectivity index (χ2n) is 4.89. The van der Waals surface area contributed by atoms with Crippen LogP contribution in [0.1, 0.15) is 38.4 Å². The number of rotatable bonds is 5. The van der Waals surface area contributed by atoms with Gasteiger partial charge in [-0.3, -0.25) is 0 Å². The van der Waals surface area contributed by atoms with E-state index in [0.717, 1.165) is 25.1 Å². The van der Waals surface area contributed by atoms with Crippen molar-refractivity contribution in [1.82, 2.24) is 9.55 Å². The maximum atomic E-state index is 5.83. The molecule has 0 bridgehead atoms. The van der Waals surface area contributed by atoms with Crippen LogP contribution in [0.15, 0.2) is 12.5 Å². The van der Waals surface area contributed by atoms with Crippen LogP contribution in [0.5, 0.6) is 0 Å². The summed E-state index contributed by atoms with van der Waals surface area (Å²) in [6.45, 7) is 5.77. The van der Waals surface area contributed by atoms with Crippen molar-refractivity contribution in [3.05, 3.63) is 18.2 Å². The summed E-state index contributed by atoms with van der Waals surface area (Å²) in [6.07, 6.45) is 6.40. The number of nitrogens with two attached hydrogens (primary N) is 1. The summed E-state index contributed by atoms with van der Waals surface area (Å²) in [5.74, 6) is 0.681. The predicted molar refractivity (Wildman–Crippen MR) is 63.0 cm³/mol. The molecule has 0 spiro atoms. The average molecular weight is 223 g/mol. The van der Waals surface area contributed by atoms with Gasteiger partial charge in [0.1, 0.15) is 0 Å². The van der Waals surface area contributed by atoms with Gasteiger partial charge in [-0.2, -0.15) is 0 Å². The van der Waals surface area contributed by atoms with E-state index in [0.29, 0.717) is 24.7 Å². The van der Waals surface area contributed by atoms with E-state index in [1.165, 1.54) is 0 Å². The van der Waals surface area contributed by atoms with E-state index in [9.17, 15) is 0 Å². The molecule has 4 nitrogen and oxygen atoms in total. The summed E-state index contributed by atoms with van der Waals surface area (Å²) in [4.78, 5) is 4.16. The van der Waals surface area contributed by atoms with Gasteiger partial charge in [-0.15, -0.1) is 0 Å². The minimum absolute atomic E-state index is 0.407. The van der Waals surface area contributed by atoms with Gasteiger partial charge in [-0.1, -0.05) is 0 Å². The van der Waals surface area contributed by atoms with Crippen molar-refractivity contribution in [1.29, 1.82) is 0 Å². The molecule has 0 aliphatic heterocycles. The molecule has 4 heteroatoms. The lowest BCUT2D eigenvalue weighted by molar-refractivity contribution is -0.0398. The minimum atomic E-state index is 0.407. The highest BCUT2D eigenvalue weighted by Crippen LogP contribution is 2.29. The molecule has 1 heterocycles. The van der Waals surface area contributed by atoms with Crippen molar-refractivity contribution in [2.24, 2.45) is 11.7 Å². The average Bonchev–Trinajstić information content (AvgIpc) is 2.64. The van der Waals surface area contributed by atoms with Crippen LogP contribution in [0.4, 0.5) is 0 Å². The molecule has 0 amide bonds. The van der Waals surface area contributed by atoms with Crippen molar-refractivity contribution in [2.75, 3.05) is 6.54 Å². The maximum absolute atomic E-state index is 5.83. The molecule has 1 aliphatic rings. The fourth-order valence-electron chi connectivity index (χ4n) is 2.12. The molecule has 90 valence electrons. The first-order valence-electron chi connectivity index (χ1n) is 6.03. The summed E-state index contributed by atoms with van der Waals surface area (Å²) < 4.78 is 7.98. The van der Waals surface area contributed by atoms with Crippen LogP contribution in [-0.2, 0) is 11.3 Å². The highest BCUT2D eigenvalue weighted by Gasteiger charge is 2.28. The zero-order chi connectivity index (χ0) is 11.5. The first kappa shape index (κ1) is 11.6. The Bertz CT molecular complexity index is 329. The Hall–Kier alpha value is -0.870. The lowest BCUT2D eigenvalue weighted by atomic mass is 9.82. The third-order valence-electron chi connectivity index (χ3n) is 3.30. The van der Waals surface area contributed by atoms with E-state index in [-0.39, 0.29) is 0 Å². The summed E-state index contributed by atoms with van der Waals surface area (Å²) in [5.41, 5.74) is 6.74. The lowest BCUT2D eigenvalue weighted by Gasteiger charge is -2.34. The van der Waals surface area contributed by atoms with Crippen molar-refractivity contribution in [3.63, 3.8) is 0 Å². The molecule has 2 N–H and O–H groups in total. The molecule has 0 atom stereocenters. The summed E-state index contributed by atoms with van der Waals surface area (Å²) in [7, 11) is 0. The zero-order valence-corrected chi connectivity index (χ0v) is 10.1. The Morgan fingerprint density at radius 3 is 2.94 bits per heavy atom. The second kappa shape index (κ2) is 4.97. The molecule has 1 aromatic heterocycles. The largest absolute Gasteiger partial charge is 0.372 e. The fraction of sp³-hybridized carbons (Fsp3) is 0.750.